The Hall–Kier alpha value is -1.55. The van der Waals surface area contributed by atoms with Crippen molar-refractivity contribution in [2.45, 2.75) is 0 Å². The van der Waals surface area contributed by atoms with E-state index < -0.39 is 0 Å². The first-order valence-corrected chi connectivity index (χ1v) is 5.95. The van der Waals surface area contributed by atoms with Crippen molar-refractivity contribution in [1.29, 1.82) is 0 Å². The van der Waals surface area contributed by atoms with Gasteiger partial charge in [0, 0.05) is 23.2 Å². The third-order valence-corrected chi connectivity index (χ3v) is 2.90. The topological polar surface area (TPSA) is 46.3 Å². The second-order valence-corrected chi connectivity index (χ2v) is 4.38. The highest BCUT2D eigenvalue weighted by Gasteiger charge is 2.16. The Morgan fingerprint density at radius 1 is 1.35 bits per heavy atom. The number of benzene rings is 1. The molecule has 2 N–H and O–H groups in total. The van der Waals surface area contributed by atoms with Crippen LogP contribution in [-0.4, -0.2) is 23.9 Å². The van der Waals surface area contributed by atoms with E-state index >= 15 is 0 Å². The highest BCUT2D eigenvalue weighted by Crippen LogP contribution is 2.21. The van der Waals surface area contributed by atoms with Crippen LogP contribution in [0, 0.1) is 0 Å². The highest BCUT2D eigenvalue weighted by atomic mass is 79.9. The third-order valence-electron chi connectivity index (χ3n) is 2.21. The molecule has 1 aromatic carbocycles. The number of carbonyl (C=O) groups excluding carboxylic acids is 1. The zero-order chi connectivity index (χ0) is 12.8. The lowest BCUT2D eigenvalue weighted by molar-refractivity contribution is 0.0790. The van der Waals surface area contributed by atoms with E-state index in [1.807, 2.05) is 0 Å². The summed E-state index contributed by atoms with van der Waals surface area (Å²) in [5, 5.41) is 0. The Labute approximate surface area is 110 Å². The lowest BCUT2D eigenvalue weighted by Crippen LogP contribution is -2.31. The summed E-state index contributed by atoms with van der Waals surface area (Å²) in [6, 6.07) is 5.17. The molecule has 0 aliphatic carbocycles. The number of nitrogens with two attached hydrogens (primary N) is 1. The van der Waals surface area contributed by atoms with Crippen molar-refractivity contribution in [3.05, 3.63) is 53.5 Å². The second-order valence-electron chi connectivity index (χ2n) is 3.53. The van der Waals surface area contributed by atoms with Crippen LogP contribution in [0.15, 0.2) is 48.0 Å². The normalized spacial score (nSPS) is 9.71. The number of nitrogen functional groups attached to an aromatic ring is 1. The maximum absolute atomic E-state index is 12.2. The summed E-state index contributed by atoms with van der Waals surface area (Å²) >= 11 is 3.35. The van der Waals surface area contributed by atoms with Crippen molar-refractivity contribution in [3.63, 3.8) is 0 Å². The van der Waals surface area contributed by atoms with Crippen molar-refractivity contribution in [1.82, 2.24) is 4.90 Å². The second kappa shape index (κ2) is 6.25. The van der Waals surface area contributed by atoms with Crippen LogP contribution in [0.3, 0.4) is 0 Å². The number of halogens is 1. The van der Waals surface area contributed by atoms with Gasteiger partial charge < -0.3 is 10.6 Å². The average molecular weight is 295 g/mol. The summed E-state index contributed by atoms with van der Waals surface area (Å²) in [6.07, 6.45) is 3.36. The van der Waals surface area contributed by atoms with E-state index in [9.17, 15) is 4.79 Å². The first-order valence-electron chi connectivity index (χ1n) is 5.16. The summed E-state index contributed by atoms with van der Waals surface area (Å²) in [5.41, 5.74) is 6.79. The molecule has 0 heterocycles. The van der Waals surface area contributed by atoms with Gasteiger partial charge in [0.05, 0.1) is 5.56 Å². The predicted molar refractivity (Wildman–Crippen MR) is 74.9 cm³/mol. The molecule has 0 aliphatic heterocycles. The van der Waals surface area contributed by atoms with Gasteiger partial charge in [-0.3, -0.25) is 4.79 Å². The van der Waals surface area contributed by atoms with Crippen LogP contribution in [0.1, 0.15) is 10.4 Å². The molecule has 0 fully saturated rings. The molecule has 0 aliphatic rings. The van der Waals surface area contributed by atoms with Gasteiger partial charge in [0.2, 0.25) is 0 Å². The SMILES string of the molecule is C=CCN(CC=C)C(=O)c1cc(N)ccc1Br. The fourth-order valence-corrected chi connectivity index (χ4v) is 1.85. The van der Waals surface area contributed by atoms with Crippen molar-refractivity contribution >= 4 is 27.5 Å². The van der Waals surface area contributed by atoms with Gasteiger partial charge >= 0.3 is 0 Å². The minimum atomic E-state index is -0.0935. The zero-order valence-corrected chi connectivity index (χ0v) is 11.1. The van der Waals surface area contributed by atoms with Crippen molar-refractivity contribution in [3.8, 4) is 0 Å². The lowest BCUT2D eigenvalue weighted by Gasteiger charge is -2.20. The fourth-order valence-electron chi connectivity index (χ4n) is 1.43. The molecule has 0 atom stereocenters. The summed E-state index contributed by atoms with van der Waals surface area (Å²) in [6.45, 7) is 8.22. The van der Waals surface area contributed by atoms with Crippen molar-refractivity contribution in [2.24, 2.45) is 0 Å². The minimum absolute atomic E-state index is 0.0935. The van der Waals surface area contributed by atoms with E-state index in [-0.39, 0.29) is 5.91 Å². The van der Waals surface area contributed by atoms with E-state index in [1.165, 1.54) is 0 Å². The molecule has 4 heteroatoms. The molecule has 90 valence electrons. The summed E-state index contributed by atoms with van der Waals surface area (Å²) in [5.74, 6) is -0.0935. The predicted octanol–water partition coefficient (Wildman–Crippen LogP) is 2.85. The Kier molecular flexibility index (Phi) is 4.97. The summed E-state index contributed by atoms with van der Waals surface area (Å²) in [7, 11) is 0. The fraction of sp³-hybridized carbons (Fsp3) is 0.154. The molecule has 1 rings (SSSR count). The first-order chi connectivity index (χ1) is 8.10. The number of amides is 1. The molecule has 0 radical (unpaired) electrons. The molecule has 0 bridgehead atoms. The monoisotopic (exact) mass is 294 g/mol. The maximum Gasteiger partial charge on any atom is 0.255 e. The van der Waals surface area contributed by atoms with Gasteiger partial charge in [-0.25, -0.2) is 0 Å². The summed E-state index contributed by atoms with van der Waals surface area (Å²) < 4.78 is 0.731. The van der Waals surface area contributed by atoms with Crippen LogP contribution < -0.4 is 5.73 Å². The van der Waals surface area contributed by atoms with Gasteiger partial charge in [0.15, 0.2) is 0 Å². The molecule has 1 amide bonds. The molecule has 0 unspecified atom stereocenters. The molecule has 0 saturated heterocycles. The lowest BCUT2D eigenvalue weighted by atomic mass is 10.1. The largest absolute Gasteiger partial charge is 0.399 e. The zero-order valence-electron chi connectivity index (χ0n) is 9.53. The Balaban J connectivity index is 3.03. The third kappa shape index (κ3) is 3.46. The standard InChI is InChI=1S/C13H15BrN2O/c1-3-7-16(8-4-2)13(17)11-9-10(15)5-6-12(11)14/h3-6,9H,1-2,7-8,15H2. The van der Waals surface area contributed by atoms with Crippen LogP contribution in [0.4, 0.5) is 5.69 Å². The number of anilines is 1. The summed E-state index contributed by atoms with van der Waals surface area (Å²) in [4.78, 5) is 13.9. The van der Waals surface area contributed by atoms with Gasteiger partial charge in [-0.1, -0.05) is 12.2 Å². The van der Waals surface area contributed by atoms with Gasteiger partial charge in [-0.15, -0.1) is 13.2 Å². The van der Waals surface area contributed by atoms with Gasteiger partial charge in [-0.05, 0) is 34.1 Å². The van der Waals surface area contributed by atoms with Crippen LogP contribution >= 0.6 is 15.9 Å². The highest BCUT2D eigenvalue weighted by molar-refractivity contribution is 9.10. The molecule has 17 heavy (non-hydrogen) atoms. The van der Waals surface area contributed by atoms with Crippen molar-refractivity contribution in [2.75, 3.05) is 18.8 Å². The molecular weight excluding hydrogens is 280 g/mol. The minimum Gasteiger partial charge on any atom is -0.399 e. The Bertz CT molecular complexity index is 433. The van der Waals surface area contributed by atoms with E-state index in [2.05, 4.69) is 29.1 Å². The van der Waals surface area contributed by atoms with Crippen LogP contribution in [-0.2, 0) is 0 Å². The Morgan fingerprint density at radius 3 is 2.47 bits per heavy atom. The van der Waals surface area contributed by atoms with Crippen LogP contribution in [0.25, 0.3) is 0 Å². The van der Waals surface area contributed by atoms with Crippen molar-refractivity contribution < 1.29 is 4.79 Å². The number of nitrogens with zero attached hydrogens (tertiary/aromatic N) is 1. The first kappa shape index (κ1) is 13.5. The van der Waals surface area contributed by atoms with Gasteiger partial charge in [-0.2, -0.15) is 0 Å². The molecule has 3 nitrogen and oxygen atoms in total. The quantitative estimate of drug-likeness (QED) is 0.670. The maximum atomic E-state index is 12.2. The molecule has 0 aromatic heterocycles. The van der Waals surface area contributed by atoms with Crippen LogP contribution in [0.5, 0.6) is 0 Å². The van der Waals surface area contributed by atoms with E-state index in [4.69, 9.17) is 5.73 Å². The van der Waals surface area contributed by atoms with E-state index in [0.717, 1.165) is 4.47 Å². The number of carbonyl (C=O) groups is 1. The van der Waals surface area contributed by atoms with Gasteiger partial charge in [0.25, 0.3) is 5.91 Å². The van der Waals surface area contributed by atoms with Crippen LogP contribution in [0.2, 0.25) is 0 Å². The van der Waals surface area contributed by atoms with Gasteiger partial charge in [0.1, 0.15) is 0 Å². The van der Waals surface area contributed by atoms with E-state index in [1.54, 1.807) is 35.3 Å². The van der Waals surface area contributed by atoms with E-state index in [0.29, 0.717) is 24.3 Å². The Morgan fingerprint density at radius 2 is 1.94 bits per heavy atom. The molecule has 0 saturated carbocycles. The molecular formula is C13H15BrN2O. The number of hydrogen-bond donors (Lipinski definition) is 1. The number of rotatable bonds is 5. The molecule has 0 spiro atoms. The average Bonchev–Trinajstić information content (AvgIpc) is 2.31. The molecule has 1 aromatic rings. The smallest absolute Gasteiger partial charge is 0.255 e. The number of hydrogen-bond acceptors (Lipinski definition) is 2.